The molecule has 2 aromatic rings. The van der Waals surface area contributed by atoms with E-state index in [1.54, 1.807) is 0 Å². The van der Waals surface area contributed by atoms with Gasteiger partial charge in [-0.15, -0.1) is 0 Å². The van der Waals surface area contributed by atoms with Crippen LogP contribution in [0.4, 0.5) is 11.4 Å². The van der Waals surface area contributed by atoms with E-state index in [1.807, 2.05) is 73.6 Å². The van der Waals surface area contributed by atoms with Crippen molar-refractivity contribution >= 4 is 23.2 Å². The molecule has 1 saturated carbocycles. The second kappa shape index (κ2) is 7.60. The first-order valence-electron chi connectivity index (χ1n) is 8.92. The summed E-state index contributed by atoms with van der Waals surface area (Å²) in [5.74, 6) is -0.386. The van der Waals surface area contributed by atoms with Gasteiger partial charge in [0, 0.05) is 32.0 Å². The molecule has 0 radical (unpaired) electrons. The van der Waals surface area contributed by atoms with Crippen LogP contribution in [0, 0.1) is 5.41 Å². The molecule has 1 aliphatic rings. The van der Waals surface area contributed by atoms with Crippen molar-refractivity contribution in [2.45, 2.75) is 19.3 Å². The van der Waals surface area contributed by atoms with Crippen LogP contribution in [0.15, 0.2) is 54.6 Å². The molecule has 0 aromatic heterocycles. The fourth-order valence-corrected chi connectivity index (χ4v) is 2.91. The lowest BCUT2D eigenvalue weighted by molar-refractivity contribution is -0.134. The van der Waals surface area contributed by atoms with Gasteiger partial charge in [-0.3, -0.25) is 9.59 Å². The first kappa shape index (κ1) is 18.0. The predicted octanol–water partition coefficient (Wildman–Crippen LogP) is 2.83. The van der Waals surface area contributed by atoms with E-state index in [0.29, 0.717) is 25.1 Å². The summed E-state index contributed by atoms with van der Waals surface area (Å²) < 4.78 is 0. The lowest BCUT2D eigenvalue weighted by Crippen LogP contribution is -2.40. The number of carbonyl (C=O) groups excluding carboxylic acids is 2. The molecule has 0 spiro atoms. The smallest absolute Gasteiger partial charge is 0.240 e. The number of anilines is 2. The summed E-state index contributed by atoms with van der Waals surface area (Å²) in [5.41, 5.74) is 2.03. The molecule has 0 unspecified atom stereocenters. The summed E-state index contributed by atoms with van der Waals surface area (Å²) in [6.07, 6.45) is 1.97. The first-order chi connectivity index (χ1) is 12.5. The minimum Gasteiger partial charge on any atom is -0.378 e. The third-order valence-corrected chi connectivity index (χ3v) is 4.80. The molecule has 2 aromatic carbocycles. The average Bonchev–Trinajstić information content (AvgIpc) is 3.45. The first-order valence-corrected chi connectivity index (χ1v) is 8.92. The van der Waals surface area contributed by atoms with Gasteiger partial charge in [0.15, 0.2) is 0 Å². The Labute approximate surface area is 154 Å². The van der Waals surface area contributed by atoms with Crippen LogP contribution in [0.1, 0.15) is 18.4 Å². The maximum absolute atomic E-state index is 12.6. The molecule has 3 rings (SSSR count). The normalized spacial score (nSPS) is 14.4. The Morgan fingerprint density at radius 2 is 1.62 bits per heavy atom. The van der Waals surface area contributed by atoms with Crippen LogP contribution in [0.5, 0.6) is 0 Å². The summed E-state index contributed by atoms with van der Waals surface area (Å²) in [6, 6.07) is 17.6. The zero-order chi connectivity index (χ0) is 18.6. The van der Waals surface area contributed by atoms with Crippen LogP contribution < -0.4 is 15.5 Å². The van der Waals surface area contributed by atoms with Gasteiger partial charge in [-0.25, -0.2) is 0 Å². The van der Waals surface area contributed by atoms with Crippen molar-refractivity contribution in [1.29, 1.82) is 0 Å². The highest BCUT2D eigenvalue weighted by atomic mass is 16.2. The van der Waals surface area contributed by atoms with Gasteiger partial charge < -0.3 is 15.5 Å². The highest BCUT2D eigenvalue weighted by Gasteiger charge is 2.56. The quantitative estimate of drug-likeness (QED) is 0.754. The number of hydrogen-bond donors (Lipinski definition) is 2. The van der Waals surface area contributed by atoms with E-state index in [2.05, 4.69) is 10.6 Å². The fourth-order valence-electron chi connectivity index (χ4n) is 2.91. The molecule has 2 amide bonds. The van der Waals surface area contributed by atoms with E-state index >= 15 is 0 Å². The Balaban J connectivity index is 1.53. The molecule has 26 heavy (non-hydrogen) atoms. The molecule has 1 fully saturated rings. The monoisotopic (exact) mass is 351 g/mol. The van der Waals surface area contributed by atoms with Gasteiger partial charge in [0.1, 0.15) is 5.41 Å². The molecule has 0 atom stereocenters. The molecule has 5 heteroatoms. The van der Waals surface area contributed by atoms with E-state index in [4.69, 9.17) is 0 Å². The van der Waals surface area contributed by atoms with Gasteiger partial charge in [0.2, 0.25) is 11.8 Å². The number of rotatable bonds is 7. The predicted molar refractivity (Wildman–Crippen MR) is 104 cm³/mol. The molecular formula is C21H25N3O2. The van der Waals surface area contributed by atoms with Gasteiger partial charge in [0.25, 0.3) is 0 Å². The highest BCUT2D eigenvalue weighted by molar-refractivity contribution is 6.13. The molecule has 0 bridgehead atoms. The zero-order valence-corrected chi connectivity index (χ0v) is 15.3. The number of benzene rings is 2. The molecule has 1 aliphatic carbocycles. The second-order valence-electron chi connectivity index (χ2n) is 6.97. The summed E-state index contributed by atoms with van der Waals surface area (Å²) >= 11 is 0. The van der Waals surface area contributed by atoms with Crippen LogP contribution in [0.25, 0.3) is 0 Å². The van der Waals surface area contributed by atoms with Crippen LogP contribution in [-0.2, 0) is 16.0 Å². The largest absolute Gasteiger partial charge is 0.378 e. The lowest BCUT2D eigenvalue weighted by atomic mass is 10.0. The number of hydrogen-bond acceptors (Lipinski definition) is 3. The van der Waals surface area contributed by atoms with Crippen molar-refractivity contribution in [3.05, 3.63) is 60.2 Å². The van der Waals surface area contributed by atoms with Crippen molar-refractivity contribution in [3.8, 4) is 0 Å². The molecular weight excluding hydrogens is 326 g/mol. The Kier molecular flexibility index (Phi) is 5.26. The lowest BCUT2D eigenvalue weighted by Gasteiger charge is -2.16. The third kappa shape index (κ3) is 4.04. The number of nitrogens with one attached hydrogen (secondary N) is 2. The van der Waals surface area contributed by atoms with Crippen LogP contribution >= 0.6 is 0 Å². The maximum atomic E-state index is 12.6. The molecule has 136 valence electrons. The fraction of sp³-hybridized carbons (Fsp3) is 0.333. The number of carbonyl (C=O) groups is 2. The van der Waals surface area contributed by atoms with E-state index in [-0.39, 0.29) is 11.8 Å². The second-order valence-corrected chi connectivity index (χ2v) is 6.97. The third-order valence-electron chi connectivity index (χ3n) is 4.80. The van der Waals surface area contributed by atoms with Crippen molar-refractivity contribution in [2.75, 3.05) is 30.9 Å². The topological polar surface area (TPSA) is 61.4 Å². The summed E-state index contributed by atoms with van der Waals surface area (Å²) in [6.45, 7) is 0.537. The Bertz CT molecular complexity index is 766. The van der Waals surface area contributed by atoms with Crippen molar-refractivity contribution in [3.63, 3.8) is 0 Å². The van der Waals surface area contributed by atoms with E-state index < -0.39 is 5.41 Å². The van der Waals surface area contributed by atoms with Crippen LogP contribution in [0.2, 0.25) is 0 Å². The van der Waals surface area contributed by atoms with Gasteiger partial charge in [-0.1, -0.05) is 30.3 Å². The highest BCUT2D eigenvalue weighted by Crippen LogP contribution is 2.46. The number of nitrogens with zero attached hydrogens (tertiary/aromatic N) is 1. The van der Waals surface area contributed by atoms with E-state index in [9.17, 15) is 9.59 Å². The van der Waals surface area contributed by atoms with E-state index in [0.717, 1.165) is 12.1 Å². The minimum absolute atomic E-state index is 0.171. The summed E-state index contributed by atoms with van der Waals surface area (Å²) in [7, 11) is 3.93. The van der Waals surface area contributed by atoms with Gasteiger partial charge in [-0.05, 0) is 49.1 Å². The standard InChI is InChI=1S/C21H25N3O2/c1-24(2)18-10-8-17(9-11-18)23-20(26)21(13-14-21)19(25)22-15-12-16-6-4-3-5-7-16/h3-11H,12-15H2,1-2H3,(H,22,25)(H,23,26). The molecule has 0 aliphatic heterocycles. The van der Waals surface area contributed by atoms with Gasteiger partial charge >= 0.3 is 0 Å². The Morgan fingerprint density at radius 1 is 0.962 bits per heavy atom. The minimum atomic E-state index is -0.906. The van der Waals surface area contributed by atoms with Crippen molar-refractivity contribution in [1.82, 2.24) is 5.32 Å². The Hall–Kier alpha value is -2.82. The van der Waals surface area contributed by atoms with Crippen LogP contribution in [0.3, 0.4) is 0 Å². The molecule has 0 saturated heterocycles. The summed E-state index contributed by atoms with van der Waals surface area (Å²) in [5, 5.41) is 5.80. The zero-order valence-electron chi connectivity index (χ0n) is 15.3. The van der Waals surface area contributed by atoms with Crippen molar-refractivity contribution < 1.29 is 9.59 Å². The van der Waals surface area contributed by atoms with Crippen molar-refractivity contribution in [2.24, 2.45) is 5.41 Å². The summed E-state index contributed by atoms with van der Waals surface area (Å²) in [4.78, 5) is 27.1. The Morgan fingerprint density at radius 3 is 2.19 bits per heavy atom. The SMILES string of the molecule is CN(C)c1ccc(NC(=O)C2(C(=O)NCCc3ccccc3)CC2)cc1. The molecule has 0 heterocycles. The molecule has 5 nitrogen and oxygen atoms in total. The van der Waals surface area contributed by atoms with Gasteiger partial charge in [0.05, 0.1) is 0 Å². The number of amides is 2. The van der Waals surface area contributed by atoms with E-state index in [1.165, 1.54) is 5.56 Å². The van der Waals surface area contributed by atoms with Gasteiger partial charge in [-0.2, -0.15) is 0 Å². The van der Waals surface area contributed by atoms with Crippen LogP contribution in [-0.4, -0.2) is 32.5 Å². The maximum Gasteiger partial charge on any atom is 0.240 e. The molecule has 2 N–H and O–H groups in total. The average molecular weight is 351 g/mol.